The van der Waals surface area contributed by atoms with E-state index in [4.69, 9.17) is 9.47 Å². The Labute approximate surface area is 227 Å². The van der Waals surface area contributed by atoms with Gasteiger partial charge in [0.2, 0.25) is 5.88 Å². The van der Waals surface area contributed by atoms with Crippen molar-refractivity contribution in [3.05, 3.63) is 70.4 Å². The maximum Gasteiger partial charge on any atom is 0.413 e. The van der Waals surface area contributed by atoms with Gasteiger partial charge in [0.25, 0.3) is 5.91 Å². The van der Waals surface area contributed by atoms with Crippen molar-refractivity contribution in [2.24, 2.45) is 0 Å². The van der Waals surface area contributed by atoms with Crippen molar-refractivity contribution in [3.63, 3.8) is 0 Å². The molecule has 200 valence electrons. The first-order valence-corrected chi connectivity index (χ1v) is 13.7. The number of hydrogen-bond acceptors (Lipinski definition) is 7. The van der Waals surface area contributed by atoms with Crippen LogP contribution in [0.5, 0.6) is 5.88 Å². The van der Waals surface area contributed by atoms with Gasteiger partial charge in [-0.2, -0.15) is 0 Å². The van der Waals surface area contributed by atoms with Crippen LogP contribution in [-0.2, 0) is 16.0 Å². The number of aryl methyl sites for hydroxylation is 1. The van der Waals surface area contributed by atoms with E-state index in [1.165, 1.54) is 16.9 Å². The molecule has 0 atom stereocenters. The number of amides is 2. The minimum Gasteiger partial charge on any atom is -0.477 e. The van der Waals surface area contributed by atoms with Gasteiger partial charge in [-0.05, 0) is 70.6 Å². The van der Waals surface area contributed by atoms with Gasteiger partial charge in [0.05, 0.1) is 24.2 Å². The van der Waals surface area contributed by atoms with Gasteiger partial charge >= 0.3 is 6.09 Å². The van der Waals surface area contributed by atoms with Crippen molar-refractivity contribution in [1.29, 1.82) is 0 Å². The second-order valence-corrected chi connectivity index (χ2v) is 11.1. The highest BCUT2D eigenvalue weighted by molar-refractivity contribution is 7.13. The quantitative estimate of drug-likeness (QED) is 0.330. The molecule has 9 heteroatoms. The minimum atomic E-state index is -0.569. The molecule has 1 aromatic carbocycles. The summed E-state index contributed by atoms with van der Waals surface area (Å²) in [5.41, 5.74) is 5.17. The first-order chi connectivity index (χ1) is 18.2. The summed E-state index contributed by atoms with van der Waals surface area (Å²) in [7, 11) is 0. The van der Waals surface area contributed by atoms with Gasteiger partial charge in [-0.3, -0.25) is 10.1 Å². The van der Waals surface area contributed by atoms with Crippen molar-refractivity contribution in [1.82, 2.24) is 9.97 Å². The van der Waals surface area contributed by atoms with Crippen LogP contribution in [0.2, 0.25) is 0 Å². The Kier molecular flexibility index (Phi) is 8.78. The van der Waals surface area contributed by atoms with Gasteiger partial charge < -0.3 is 14.8 Å². The molecule has 0 fully saturated rings. The second kappa shape index (κ2) is 12.2. The first-order valence-electron chi connectivity index (χ1n) is 12.8. The van der Waals surface area contributed by atoms with Crippen molar-refractivity contribution in [2.75, 3.05) is 17.2 Å². The van der Waals surface area contributed by atoms with Crippen LogP contribution in [0.3, 0.4) is 0 Å². The lowest BCUT2D eigenvalue weighted by Crippen LogP contribution is -2.27. The lowest BCUT2D eigenvalue weighted by Gasteiger charge is -2.20. The summed E-state index contributed by atoms with van der Waals surface area (Å²) in [4.78, 5) is 33.7. The molecule has 1 aliphatic carbocycles. The van der Waals surface area contributed by atoms with Crippen molar-refractivity contribution >= 4 is 39.7 Å². The first kappa shape index (κ1) is 27.3. The van der Waals surface area contributed by atoms with Gasteiger partial charge in [0.15, 0.2) is 5.13 Å². The Hall–Kier alpha value is -3.72. The summed E-state index contributed by atoms with van der Waals surface area (Å²) in [6.07, 6.45) is 5.42. The summed E-state index contributed by atoms with van der Waals surface area (Å²) in [5.74, 6) is 0.387. The lowest BCUT2D eigenvalue weighted by atomic mass is 9.86. The summed E-state index contributed by atoms with van der Waals surface area (Å²) in [5, 5.41) is 7.98. The zero-order chi connectivity index (χ0) is 27.1. The van der Waals surface area contributed by atoms with Crippen molar-refractivity contribution in [2.45, 2.75) is 65.4 Å². The molecule has 3 aromatic rings. The highest BCUT2D eigenvalue weighted by Gasteiger charge is 2.21. The number of ether oxygens (including phenoxy) is 2. The molecule has 1 aliphatic rings. The van der Waals surface area contributed by atoms with E-state index in [1.54, 1.807) is 18.3 Å². The Morgan fingerprint density at radius 1 is 1.03 bits per heavy atom. The number of carbonyl (C=O) groups is 2. The van der Waals surface area contributed by atoms with E-state index in [1.807, 2.05) is 26.2 Å². The number of pyridine rings is 1. The van der Waals surface area contributed by atoms with Gasteiger partial charge in [-0.25, -0.2) is 14.8 Å². The summed E-state index contributed by atoms with van der Waals surface area (Å²) in [6, 6.07) is 11.9. The monoisotopic (exact) mass is 534 g/mol. The van der Waals surface area contributed by atoms with Crippen LogP contribution in [0.1, 0.15) is 63.3 Å². The molecule has 0 unspecified atom stereocenters. The molecule has 0 bridgehead atoms. The third kappa shape index (κ3) is 7.89. The van der Waals surface area contributed by atoms with Crippen LogP contribution in [0.15, 0.2) is 53.5 Å². The molecule has 2 amide bonds. The third-order valence-electron chi connectivity index (χ3n) is 5.90. The number of thiazole rings is 1. The smallest absolute Gasteiger partial charge is 0.413 e. The minimum absolute atomic E-state index is 0.0740. The number of anilines is 2. The normalized spacial score (nSPS) is 13.7. The molecular weight excluding hydrogens is 500 g/mol. The largest absolute Gasteiger partial charge is 0.477 e. The maximum absolute atomic E-state index is 13.1. The van der Waals surface area contributed by atoms with Gasteiger partial charge in [-0.15, -0.1) is 11.3 Å². The predicted molar refractivity (Wildman–Crippen MR) is 151 cm³/mol. The molecule has 0 spiro atoms. The fraction of sp³-hybridized carbons (Fsp3) is 0.379. The number of hydrogen-bond donors (Lipinski definition) is 2. The molecule has 0 aliphatic heterocycles. The van der Waals surface area contributed by atoms with E-state index in [9.17, 15) is 9.59 Å². The zero-order valence-electron chi connectivity index (χ0n) is 22.3. The van der Waals surface area contributed by atoms with Gasteiger partial charge in [-0.1, -0.05) is 29.8 Å². The van der Waals surface area contributed by atoms with E-state index in [0.29, 0.717) is 29.7 Å². The summed E-state index contributed by atoms with van der Waals surface area (Å²) in [6.45, 7) is 7.86. The molecular formula is C29H34N4O4S. The second-order valence-electron chi connectivity index (χ2n) is 10.2. The van der Waals surface area contributed by atoms with Crippen LogP contribution in [-0.4, -0.2) is 34.2 Å². The lowest BCUT2D eigenvalue weighted by molar-refractivity contribution is -0.113. The molecule has 2 aromatic heterocycles. The number of benzene rings is 1. The fourth-order valence-corrected chi connectivity index (χ4v) is 4.84. The number of nitrogens with one attached hydrogen (secondary N) is 2. The Balaban J connectivity index is 1.28. The number of aromatic nitrogens is 2. The van der Waals surface area contributed by atoms with E-state index in [2.05, 4.69) is 51.8 Å². The number of nitrogens with zero attached hydrogens (tertiary/aromatic N) is 2. The molecule has 38 heavy (non-hydrogen) atoms. The van der Waals surface area contributed by atoms with Gasteiger partial charge in [0, 0.05) is 23.4 Å². The van der Waals surface area contributed by atoms with Crippen LogP contribution in [0.4, 0.5) is 15.6 Å². The average molecular weight is 535 g/mol. The van der Waals surface area contributed by atoms with E-state index >= 15 is 0 Å². The van der Waals surface area contributed by atoms with Gasteiger partial charge in [0.1, 0.15) is 5.60 Å². The molecule has 4 rings (SSSR count). The van der Waals surface area contributed by atoms with E-state index in [-0.39, 0.29) is 5.91 Å². The molecule has 8 nitrogen and oxygen atoms in total. The van der Waals surface area contributed by atoms with E-state index in [0.717, 1.165) is 48.1 Å². The van der Waals surface area contributed by atoms with Crippen molar-refractivity contribution in [3.8, 4) is 5.88 Å². The standard InChI is InChI=1S/C29H34N4O4S/c1-19-9-11-20(12-10-19)23-7-5-6-8-24(23)26(34)31-21-13-14-25(30-17-21)36-16-15-22-18-38-27(32-22)33-28(35)37-29(2,3)4/h9-14,17-18H,5-8,15-16H2,1-4H3,(H,31,34)(H,32,33,35). The Morgan fingerprint density at radius 2 is 1.79 bits per heavy atom. The molecule has 2 heterocycles. The van der Waals surface area contributed by atoms with E-state index < -0.39 is 11.7 Å². The molecule has 2 N–H and O–H groups in total. The zero-order valence-corrected chi connectivity index (χ0v) is 23.1. The summed E-state index contributed by atoms with van der Waals surface area (Å²) >= 11 is 1.33. The molecule has 0 saturated heterocycles. The Bertz CT molecular complexity index is 1290. The van der Waals surface area contributed by atoms with Crippen LogP contribution in [0, 0.1) is 6.92 Å². The van der Waals surface area contributed by atoms with Crippen LogP contribution in [0.25, 0.3) is 5.57 Å². The SMILES string of the molecule is Cc1ccc(C2=C(C(=O)Nc3ccc(OCCc4csc(NC(=O)OC(C)(C)C)n4)nc3)CCCC2)cc1. The average Bonchev–Trinajstić information content (AvgIpc) is 3.31. The predicted octanol–water partition coefficient (Wildman–Crippen LogP) is 6.78. The number of carbonyl (C=O) groups excluding carboxylic acids is 2. The molecule has 0 saturated carbocycles. The summed E-state index contributed by atoms with van der Waals surface area (Å²) < 4.78 is 11.0. The van der Waals surface area contributed by atoms with Crippen molar-refractivity contribution < 1.29 is 19.1 Å². The fourth-order valence-electron chi connectivity index (χ4n) is 4.11. The highest BCUT2D eigenvalue weighted by Crippen LogP contribution is 2.33. The highest BCUT2D eigenvalue weighted by atomic mass is 32.1. The third-order valence-corrected chi connectivity index (χ3v) is 6.71. The van der Waals surface area contributed by atoms with Crippen LogP contribution >= 0.6 is 11.3 Å². The number of allylic oxidation sites excluding steroid dienone is 1. The number of rotatable bonds is 8. The topological polar surface area (TPSA) is 102 Å². The molecule has 0 radical (unpaired) electrons. The van der Waals surface area contributed by atoms with Crippen LogP contribution < -0.4 is 15.4 Å². The Morgan fingerprint density at radius 3 is 2.50 bits per heavy atom. The maximum atomic E-state index is 13.1.